The van der Waals surface area contributed by atoms with Gasteiger partial charge in [0, 0.05) is 13.9 Å². The van der Waals surface area contributed by atoms with Crippen LogP contribution in [0.1, 0.15) is 7.12 Å². The summed E-state index contributed by atoms with van der Waals surface area (Å²) in [4.78, 5) is 4.14. The normalized spacial score (nSPS) is 9.25. The molecular formula is C5H10N2S. The van der Waals surface area contributed by atoms with E-state index in [-0.39, 0.29) is 1.43 Å². The fourth-order valence-electron chi connectivity index (χ4n) is 0.469. The molecule has 1 N–H and O–H groups in total. The first-order valence-corrected chi connectivity index (χ1v) is 3.31. The second kappa shape index (κ2) is 2.13. The van der Waals surface area contributed by atoms with Crippen molar-refractivity contribution in [2.75, 3.05) is 12.4 Å². The Kier molecular flexibility index (Phi) is 1.48. The van der Waals surface area contributed by atoms with Gasteiger partial charge in [0.2, 0.25) is 0 Å². The number of aromatic nitrogens is 1. The number of anilines is 1. The average molecular weight is 130 g/mol. The molecule has 0 spiro atoms. The maximum atomic E-state index is 4.14. The molecule has 1 rings (SSSR count). The molecule has 46 valence electrons. The summed E-state index contributed by atoms with van der Waals surface area (Å²) in [6, 6.07) is 0. The van der Waals surface area contributed by atoms with E-state index in [1.165, 1.54) is 0 Å². The lowest BCUT2D eigenvalue weighted by Gasteiger charge is -1.85. The summed E-state index contributed by atoms with van der Waals surface area (Å²) in [6.07, 6.45) is 0. The highest BCUT2D eigenvalue weighted by molar-refractivity contribution is 7.13. The van der Waals surface area contributed by atoms with Gasteiger partial charge in [-0.1, -0.05) is 0 Å². The highest BCUT2D eigenvalue weighted by atomic mass is 32.1. The Morgan fingerprint density at radius 2 is 2.62 bits per heavy atom. The smallest absolute Gasteiger partial charge is 0.182 e. The number of nitrogens with zero attached hydrogens (tertiary/aromatic N) is 1. The van der Waals surface area contributed by atoms with Crippen LogP contribution in [0.25, 0.3) is 0 Å². The molecule has 8 heavy (non-hydrogen) atoms. The van der Waals surface area contributed by atoms with Crippen LogP contribution >= 0.6 is 11.3 Å². The zero-order chi connectivity index (χ0) is 5.98. The van der Waals surface area contributed by atoms with Gasteiger partial charge in [-0.2, -0.15) is 0 Å². The molecule has 1 heterocycles. The minimum Gasteiger partial charge on any atom is -0.365 e. The summed E-state index contributed by atoms with van der Waals surface area (Å²) in [5.41, 5.74) is 1.08. The molecule has 0 bridgehead atoms. The van der Waals surface area contributed by atoms with Gasteiger partial charge in [-0.05, 0) is 6.92 Å². The molecule has 0 aromatic carbocycles. The van der Waals surface area contributed by atoms with Crippen molar-refractivity contribution in [1.29, 1.82) is 0 Å². The zero-order valence-corrected chi connectivity index (χ0v) is 5.75. The van der Waals surface area contributed by atoms with Crippen LogP contribution < -0.4 is 5.32 Å². The molecule has 0 unspecified atom stereocenters. The van der Waals surface area contributed by atoms with E-state index in [4.69, 9.17) is 0 Å². The Labute approximate surface area is 54.1 Å². The van der Waals surface area contributed by atoms with Gasteiger partial charge in [0.25, 0.3) is 0 Å². The van der Waals surface area contributed by atoms with E-state index in [1.54, 1.807) is 11.3 Å². The second-order valence-electron chi connectivity index (χ2n) is 1.54. The van der Waals surface area contributed by atoms with Crippen molar-refractivity contribution >= 4 is 16.5 Å². The summed E-state index contributed by atoms with van der Waals surface area (Å²) >= 11 is 1.63. The summed E-state index contributed by atoms with van der Waals surface area (Å²) in [6.45, 7) is 1.98. The maximum Gasteiger partial charge on any atom is 0.182 e. The van der Waals surface area contributed by atoms with Crippen LogP contribution in [0.4, 0.5) is 5.13 Å². The fourth-order valence-corrected chi connectivity index (χ4v) is 1.12. The minimum absolute atomic E-state index is 0. The standard InChI is InChI=1S/C5H8N2S.H2/c1-4-3-8-5(6-2)7-4;/h3H,1-2H3,(H,6,7);1H. The number of rotatable bonds is 1. The molecule has 0 saturated carbocycles. The van der Waals surface area contributed by atoms with Gasteiger partial charge >= 0.3 is 0 Å². The van der Waals surface area contributed by atoms with Crippen molar-refractivity contribution in [2.24, 2.45) is 0 Å². The molecule has 2 nitrogen and oxygen atoms in total. The van der Waals surface area contributed by atoms with Gasteiger partial charge in [0.05, 0.1) is 5.69 Å². The first-order valence-electron chi connectivity index (χ1n) is 2.43. The molecule has 0 aliphatic carbocycles. The molecule has 0 aliphatic rings. The molecule has 1 aromatic heterocycles. The summed E-state index contributed by atoms with van der Waals surface area (Å²) < 4.78 is 0. The van der Waals surface area contributed by atoms with Gasteiger partial charge < -0.3 is 5.32 Å². The third kappa shape index (κ3) is 0.980. The average Bonchev–Trinajstić information content (AvgIpc) is 2.14. The van der Waals surface area contributed by atoms with Gasteiger partial charge in [0.15, 0.2) is 5.13 Å². The van der Waals surface area contributed by atoms with Crippen molar-refractivity contribution in [1.82, 2.24) is 4.98 Å². The third-order valence-electron chi connectivity index (χ3n) is 0.833. The number of hydrogen-bond donors (Lipinski definition) is 1. The number of thiazole rings is 1. The Hall–Kier alpha value is -0.570. The van der Waals surface area contributed by atoms with Crippen LogP contribution in [0, 0.1) is 6.92 Å². The zero-order valence-electron chi connectivity index (χ0n) is 4.93. The van der Waals surface area contributed by atoms with Crippen LogP contribution in [-0.2, 0) is 0 Å². The highest BCUT2D eigenvalue weighted by Crippen LogP contribution is 2.12. The largest absolute Gasteiger partial charge is 0.365 e. The van der Waals surface area contributed by atoms with Crippen molar-refractivity contribution < 1.29 is 1.43 Å². The number of nitrogens with one attached hydrogen (secondary N) is 1. The molecule has 3 heteroatoms. The second-order valence-corrected chi connectivity index (χ2v) is 2.40. The van der Waals surface area contributed by atoms with Crippen molar-refractivity contribution in [3.05, 3.63) is 11.1 Å². The van der Waals surface area contributed by atoms with E-state index in [1.807, 2.05) is 19.4 Å². The molecule has 0 atom stereocenters. The van der Waals surface area contributed by atoms with Crippen LogP contribution in [-0.4, -0.2) is 12.0 Å². The maximum absolute atomic E-state index is 4.14. The van der Waals surface area contributed by atoms with Crippen LogP contribution in [0.5, 0.6) is 0 Å². The molecule has 0 aliphatic heterocycles. The quantitative estimate of drug-likeness (QED) is 0.626. The summed E-state index contributed by atoms with van der Waals surface area (Å²) in [5, 5.41) is 5.96. The van der Waals surface area contributed by atoms with Crippen LogP contribution in [0.3, 0.4) is 0 Å². The van der Waals surface area contributed by atoms with Gasteiger partial charge in [-0.15, -0.1) is 11.3 Å². The molecular weight excluding hydrogens is 120 g/mol. The van der Waals surface area contributed by atoms with E-state index in [9.17, 15) is 0 Å². The lowest BCUT2D eigenvalue weighted by Crippen LogP contribution is -1.84. The van der Waals surface area contributed by atoms with Gasteiger partial charge in [-0.25, -0.2) is 4.98 Å². The number of aryl methyl sites for hydroxylation is 1. The molecule has 0 fully saturated rings. The van der Waals surface area contributed by atoms with E-state index in [2.05, 4.69) is 10.3 Å². The SMILES string of the molecule is CNc1nc(C)cs1.[HH]. The monoisotopic (exact) mass is 130 g/mol. The predicted octanol–water partition coefficient (Wildman–Crippen LogP) is 1.74. The summed E-state index contributed by atoms with van der Waals surface area (Å²) in [5.74, 6) is 0. The first-order chi connectivity index (χ1) is 3.83. The van der Waals surface area contributed by atoms with Crippen LogP contribution in [0.15, 0.2) is 5.38 Å². The van der Waals surface area contributed by atoms with Crippen LogP contribution in [0.2, 0.25) is 0 Å². The molecule has 0 radical (unpaired) electrons. The minimum atomic E-state index is 0. The molecule has 0 amide bonds. The van der Waals surface area contributed by atoms with Crippen molar-refractivity contribution in [3.8, 4) is 0 Å². The Bertz CT molecular complexity index is 175. The lowest BCUT2D eigenvalue weighted by molar-refractivity contribution is 1.25. The summed E-state index contributed by atoms with van der Waals surface area (Å²) in [7, 11) is 1.87. The highest BCUT2D eigenvalue weighted by Gasteiger charge is 1.90. The first kappa shape index (κ1) is 5.56. The van der Waals surface area contributed by atoms with E-state index in [0.717, 1.165) is 10.8 Å². The van der Waals surface area contributed by atoms with E-state index < -0.39 is 0 Å². The third-order valence-corrected chi connectivity index (χ3v) is 1.81. The Morgan fingerprint density at radius 1 is 1.88 bits per heavy atom. The Balaban J connectivity index is 0.000000640. The van der Waals surface area contributed by atoms with Crippen molar-refractivity contribution in [2.45, 2.75) is 6.92 Å². The van der Waals surface area contributed by atoms with Gasteiger partial charge in [0.1, 0.15) is 0 Å². The fraction of sp³-hybridized carbons (Fsp3) is 0.400. The molecule has 0 saturated heterocycles. The van der Waals surface area contributed by atoms with Crippen molar-refractivity contribution in [3.63, 3.8) is 0 Å². The van der Waals surface area contributed by atoms with E-state index in [0.29, 0.717) is 0 Å². The lowest BCUT2D eigenvalue weighted by atomic mass is 10.6. The van der Waals surface area contributed by atoms with Gasteiger partial charge in [-0.3, -0.25) is 0 Å². The topological polar surface area (TPSA) is 24.9 Å². The Morgan fingerprint density at radius 3 is 2.88 bits per heavy atom. The van der Waals surface area contributed by atoms with E-state index >= 15 is 0 Å². The predicted molar refractivity (Wildman–Crippen MR) is 38.5 cm³/mol. The molecule has 1 aromatic rings. The number of hydrogen-bond acceptors (Lipinski definition) is 3.